The van der Waals surface area contributed by atoms with E-state index in [1.807, 2.05) is 18.2 Å². The molecule has 1 fully saturated rings. The van der Waals surface area contributed by atoms with Crippen molar-refractivity contribution in [2.24, 2.45) is 10.7 Å². The van der Waals surface area contributed by atoms with Crippen molar-refractivity contribution in [3.63, 3.8) is 0 Å². The fraction of sp³-hybridized carbons (Fsp3) is 0.410. The van der Waals surface area contributed by atoms with Crippen LogP contribution < -0.4 is 31.7 Å². The molecule has 0 radical (unpaired) electrons. The van der Waals surface area contributed by atoms with Crippen LogP contribution in [0.4, 0.5) is 17.1 Å². The third kappa shape index (κ3) is 10.1. The van der Waals surface area contributed by atoms with Gasteiger partial charge in [-0.05, 0) is 99.4 Å². The van der Waals surface area contributed by atoms with Crippen molar-refractivity contribution in [2.75, 3.05) is 30.4 Å². The van der Waals surface area contributed by atoms with E-state index >= 15 is 0 Å². The first-order valence-corrected chi connectivity index (χ1v) is 19.0. The van der Waals surface area contributed by atoms with E-state index in [4.69, 9.17) is 42.4 Å². The van der Waals surface area contributed by atoms with Gasteiger partial charge >= 0.3 is 0 Å². The third-order valence-electron chi connectivity index (χ3n) is 9.75. The quantitative estimate of drug-likeness (QED) is 0.0449. The molecule has 3 aromatic rings. The maximum Gasteiger partial charge on any atom is 0.260 e. The average Bonchev–Trinajstić information content (AvgIpc) is 3.47. The molecule has 9 N–H and O–H groups in total. The van der Waals surface area contributed by atoms with Crippen LogP contribution in [0.5, 0.6) is 5.75 Å². The number of rotatable bonds is 16. The first kappa shape index (κ1) is 41.6. The van der Waals surface area contributed by atoms with Crippen LogP contribution in [0.15, 0.2) is 71.7 Å². The van der Waals surface area contributed by atoms with Crippen molar-refractivity contribution in [2.45, 2.75) is 82.4 Å². The second-order valence-electron chi connectivity index (χ2n) is 13.9. The van der Waals surface area contributed by atoms with E-state index in [1.165, 1.54) is 0 Å². The molecule has 3 aliphatic heterocycles. The minimum atomic E-state index is -1.30. The van der Waals surface area contributed by atoms with Crippen LogP contribution in [-0.4, -0.2) is 112 Å². The molecule has 0 aliphatic carbocycles. The number of hydrogen-bond acceptors (Lipinski definition) is 13. The SMILES string of the molecule is CC1OC(Oc2ccc(NC(=S)NCCCC[C@H](N)C(=O)N[C@H](C)C(=O)Nc3ccc4c(c3)CN3C(=O)c5ccccc5C3=N4)cc2)C(O)C(OCCOO)C1O. The normalized spacial score (nSPS) is 21.9. The lowest BCUT2D eigenvalue weighted by Crippen LogP contribution is -2.59. The zero-order valence-electron chi connectivity index (χ0n) is 31.4. The number of ether oxygens (including phenoxy) is 3. The van der Waals surface area contributed by atoms with Crippen molar-refractivity contribution in [3.05, 3.63) is 83.4 Å². The minimum absolute atomic E-state index is 0.0479. The number of aliphatic hydroxyl groups excluding tert-OH is 2. The number of amides is 3. The molecule has 0 spiro atoms. The molecule has 3 amide bonds. The first-order valence-electron chi connectivity index (χ1n) is 18.6. The van der Waals surface area contributed by atoms with Gasteiger partial charge < -0.3 is 51.4 Å². The van der Waals surface area contributed by atoms with E-state index in [-0.39, 0.29) is 19.1 Å². The summed E-state index contributed by atoms with van der Waals surface area (Å²) in [6.45, 7) is 3.89. The van der Waals surface area contributed by atoms with Crippen molar-refractivity contribution in [1.82, 2.24) is 15.5 Å². The van der Waals surface area contributed by atoms with E-state index < -0.39 is 54.6 Å². The van der Waals surface area contributed by atoms with Gasteiger partial charge in [0.2, 0.25) is 18.1 Å². The van der Waals surface area contributed by atoms with Gasteiger partial charge in [-0.1, -0.05) is 18.2 Å². The van der Waals surface area contributed by atoms with Crippen LogP contribution in [0.3, 0.4) is 0 Å². The van der Waals surface area contributed by atoms with Gasteiger partial charge in [-0.2, -0.15) is 0 Å². The number of nitrogens with zero attached hydrogens (tertiary/aromatic N) is 2. The molecular formula is C39H47N7O10S. The largest absolute Gasteiger partial charge is 0.462 e. The van der Waals surface area contributed by atoms with Crippen LogP contribution in [0.1, 0.15) is 54.6 Å². The van der Waals surface area contributed by atoms with E-state index in [1.54, 1.807) is 67.3 Å². The Balaban J connectivity index is 0.868. The number of anilines is 2. The molecule has 3 aliphatic rings. The van der Waals surface area contributed by atoms with Gasteiger partial charge in [-0.15, -0.1) is 0 Å². The Morgan fingerprint density at radius 2 is 1.74 bits per heavy atom. The van der Waals surface area contributed by atoms with Gasteiger partial charge in [-0.3, -0.25) is 24.5 Å². The molecule has 0 bridgehead atoms. The average molecular weight is 806 g/mol. The molecular weight excluding hydrogens is 759 g/mol. The number of thiocarbonyl (C=S) groups is 1. The van der Waals surface area contributed by atoms with E-state index in [9.17, 15) is 24.6 Å². The minimum Gasteiger partial charge on any atom is -0.462 e. The fourth-order valence-electron chi connectivity index (χ4n) is 6.60. The highest BCUT2D eigenvalue weighted by Crippen LogP contribution is 2.35. The number of aliphatic imine (C=N–C) groups is 1. The molecule has 57 heavy (non-hydrogen) atoms. The summed E-state index contributed by atoms with van der Waals surface area (Å²) in [6.07, 6.45) is -3.50. The van der Waals surface area contributed by atoms with Gasteiger partial charge in [0.15, 0.2) is 5.11 Å². The standard InChI is InChI=1S/C39H47N7O10S/c1-21(35(49)43-25-12-15-30-23(19-25)20-46-34(45-30)27-7-3-4-8-28(27)37(46)51)42-36(50)29(40)9-5-6-16-41-39(57)44-24-10-13-26(14-11-24)56-38-32(48)33(53-17-18-54-52)31(47)22(2)55-38/h3-4,7-8,10-15,19,21-22,29,31-33,38,47-48,52H,5-6,9,16-18,20,40H2,1-2H3,(H,42,50)(H,43,49)(H2,41,44,57)/t21-,22?,29+,31?,32?,33?,38?/m1/s1. The fourth-order valence-corrected chi connectivity index (χ4v) is 6.82. The summed E-state index contributed by atoms with van der Waals surface area (Å²) < 4.78 is 16.9. The van der Waals surface area contributed by atoms with Crippen LogP contribution in [0.25, 0.3) is 0 Å². The Morgan fingerprint density at radius 3 is 2.49 bits per heavy atom. The molecule has 17 nitrogen and oxygen atoms in total. The molecule has 0 aromatic heterocycles. The molecule has 5 unspecified atom stereocenters. The molecule has 3 heterocycles. The summed E-state index contributed by atoms with van der Waals surface area (Å²) in [5.41, 5.74) is 10.3. The van der Waals surface area contributed by atoms with Gasteiger partial charge in [0.25, 0.3) is 5.91 Å². The monoisotopic (exact) mass is 805 g/mol. The predicted molar refractivity (Wildman–Crippen MR) is 213 cm³/mol. The number of carbonyl (C=O) groups excluding carboxylic acids is 3. The van der Waals surface area contributed by atoms with Crippen LogP contribution in [0, 0.1) is 0 Å². The van der Waals surface area contributed by atoms with Gasteiger partial charge in [0.1, 0.15) is 42.5 Å². The Labute approximate surface area is 334 Å². The number of amidine groups is 1. The smallest absolute Gasteiger partial charge is 0.260 e. The van der Waals surface area contributed by atoms with Gasteiger partial charge in [0.05, 0.1) is 36.5 Å². The molecule has 7 atom stereocenters. The summed E-state index contributed by atoms with van der Waals surface area (Å²) in [4.78, 5) is 49.0. The zero-order chi connectivity index (χ0) is 40.6. The lowest BCUT2D eigenvalue weighted by atomic mass is 9.99. The first-order chi connectivity index (χ1) is 27.4. The summed E-state index contributed by atoms with van der Waals surface area (Å²) in [5.74, 6) is 0.0659. The lowest BCUT2D eigenvalue weighted by molar-refractivity contribution is -0.289. The predicted octanol–water partition coefficient (Wildman–Crippen LogP) is 2.38. The van der Waals surface area contributed by atoms with E-state index in [2.05, 4.69) is 26.2 Å². The van der Waals surface area contributed by atoms with Crippen molar-refractivity contribution in [3.8, 4) is 5.75 Å². The Morgan fingerprint density at radius 1 is 1.00 bits per heavy atom. The molecule has 0 saturated carbocycles. The summed E-state index contributed by atoms with van der Waals surface area (Å²) in [6, 6.07) is 17.8. The highest BCUT2D eigenvalue weighted by molar-refractivity contribution is 7.80. The maximum absolute atomic E-state index is 13.0. The van der Waals surface area contributed by atoms with Crippen LogP contribution in [0.2, 0.25) is 0 Å². The molecule has 18 heteroatoms. The Hall–Kier alpha value is -5.05. The summed E-state index contributed by atoms with van der Waals surface area (Å²) >= 11 is 5.41. The molecule has 1 saturated heterocycles. The number of nitrogens with two attached hydrogens (primary N) is 1. The Bertz CT molecular complexity index is 1970. The van der Waals surface area contributed by atoms with Gasteiger partial charge in [0, 0.05) is 23.5 Å². The second-order valence-corrected chi connectivity index (χ2v) is 14.3. The van der Waals surface area contributed by atoms with Crippen molar-refractivity contribution < 1.29 is 49.0 Å². The number of fused-ring (bicyclic) bond motifs is 4. The summed E-state index contributed by atoms with van der Waals surface area (Å²) in [7, 11) is 0. The van der Waals surface area contributed by atoms with Crippen LogP contribution in [-0.2, 0) is 30.5 Å². The van der Waals surface area contributed by atoms with E-state index in [0.29, 0.717) is 66.0 Å². The van der Waals surface area contributed by atoms with Crippen molar-refractivity contribution >= 4 is 57.9 Å². The number of hydrogen-bond donors (Lipinski definition) is 8. The number of unbranched alkanes of at least 4 members (excludes halogenated alkanes) is 1. The third-order valence-corrected chi connectivity index (χ3v) is 9.99. The van der Waals surface area contributed by atoms with Crippen molar-refractivity contribution in [1.29, 1.82) is 0 Å². The Kier molecular flexibility index (Phi) is 13.8. The topological polar surface area (TPSA) is 239 Å². The maximum atomic E-state index is 13.0. The zero-order valence-corrected chi connectivity index (χ0v) is 32.2. The number of benzene rings is 3. The highest BCUT2D eigenvalue weighted by atomic mass is 32.1. The molecule has 3 aromatic carbocycles. The number of aliphatic hydroxyl groups is 2. The van der Waals surface area contributed by atoms with Gasteiger partial charge in [-0.25, -0.2) is 9.88 Å². The lowest BCUT2D eigenvalue weighted by Gasteiger charge is -2.41. The van der Waals surface area contributed by atoms with E-state index in [0.717, 1.165) is 16.8 Å². The highest BCUT2D eigenvalue weighted by Gasteiger charge is 2.45. The molecule has 6 rings (SSSR count). The van der Waals surface area contributed by atoms with Crippen LogP contribution >= 0.6 is 12.2 Å². The second kappa shape index (κ2) is 18.9. The number of carbonyl (C=O) groups is 3. The molecule has 304 valence electrons. The summed E-state index contributed by atoms with van der Waals surface area (Å²) in [5, 5.41) is 41.6. The number of nitrogens with one attached hydrogen (secondary N) is 4.